The maximum Gasteiger partial charge on any atom is 0.251 e. The number of thiophene rings is 1. The number of fused-ring (bicyclic) bond motifs is 1. The van der Waals surface area contributed by atoms with E-state index < -0.39 is 5.91 Å². The van der Waals surface area contributed by atoms with Gasteiger partial charge in [0.15, 0.2) is 0 Å². The van der Waals surface area contributed by atoms with Gasteiger partial charge in [0.05, 0.1) is 11.8 Å². The molecule has 0 radical (unpaired) electrons. The molecule has 2 heterocycles. The van der Waals surface area contributed by atoms with Crippen molar-refractivity contribution >= 4 is 34.2 Å². The van der Waals surface area contributed by atoms with Crippen LogP contribution in [0.1, 0.15) is 46.3 Å². The molecule has 3 N–H and O–H groups in total. The van der Waals surface area contributed by atoms with Crippen molar-refractivity contribution in [1.29, 1.82) is 0 Å². The predicted molar refractivity (Wildman–Crippen MR) is 95.0 cm³/mol. The molecule has 6 heteroatoms. The molecule has 0 aliphatic heterocycles. The van der Waals surface area contributed by atoms with Gasteiger partial charge in [0.2, 0.25) is 5.91 Å². The van der Waals surface area contributed by atoms with Gasteiger partial charge in [-0.15, -0.1) is 11.3 Å². The first-order chi connectivity index (χ1) is 11.6. The third-order valence-electron chi connectivity index (χ3n) is 4.37. The zero-order valence-corrected chi connectivity index (χ0v) is 14.3. The van der Waals surface area contributed by atoms with E-state index >= 15 is 0 Å². The van der Waals surface area contributed by atoms with Crippen LogP contribution in [0.5, 0.6) is 0 Å². The molecule has 0 saturated carbocycles. The largest absolute Gasteiger partial charge is 0.465 e. The van der Waals surface area contributed by atoms with Crippen LogP contribution in [0, 0.1) is 5.92 Å². The summed E-state index contributed by atoms with van der Waals surface area (Å²) in [5.74, 6) is 0.447. The van der Waals surface area contributed by atoms with Gasteiger partial charge in [-0.25, -0.2) is 0 Å². The molecule has 0 bridgehead atoms. The fourth-order valence-electron chi connectivity index (χ4n) is 3.05. The van der Waals surface area contributed by atoms with Crippen LogP contribution in [0.25, 0.3) is 6.08 Å². The highest BCUT2D eigenvalue weighted by atomic mass is 32.1. The average molecular weight is 344 g/mol. The summed E-state index contributed by atoms with van der Waals surface area (Å²) in [4.78, 5) is 25.2. The Kier molecular flexibility index (Phi) is 4.85. The van der Waals surface area contributed by atoms with Crippen molar-refractivity contribution in [2.24, 2.45) is 11.7 Å². The van der Waals surface area contributed by atoms with E-state index in [0.717, 1.165) is 31.2 Å². The highest BCUT2D eigenvalue weighted by Gasteiger charge is 2.27. The van der Waals surface area contributed by atoms with Gasteiger partial charge in [0, 0.05) is 11.0 Å². The molecule has 0 spiro atoms. The van der Waals surface area contributed by atoms with E-state index in [4.69, 9.17) is 10.2 Å². The van der Waals surface area contributed by atoms with Gasteiger partial charge in [-0.05, 0) is 49.0 Å². The highest BCUT2D eigenvalue weighted by molar-refractivity contribution is 7.17. The third-order valence-corrected chi connectivity index (χ3v) is 5.54. The lowest BCUT2D eigenvalue weighted by Gasteiger charge is -2.20. The molecule has 5 nitrogen and oxygen atoms in total. The minimum absolute atomic E-state index is 0.306. The van der Waals surface area contributed by atoms with E-state index in [1.54, 1.807) is 24.5 Å². The number of anilines is 1. The second-order valence-corrected chi connectivity index (χ2v) is 7.03. The lowest BCUT2D eigenvalue weighted by atomic mass is 9.85. The van der Waals surface area contributed by atoms with Gasteiger partial charge in [-0.1, -0.05) is 13.3 Å². The minimum atomic E-state index is -0.479. The normalized spacial score (nSPS) is 17.0. The number of amides is 2. The van der Waals surface area contributed by atoms with Gasteiger partial charge in [-0.3, -0.25) is 9.59 Å². The number of nitrogens with one attached hydrogen (secondary N) is 1. The van der Waals surface area contributed by atoms with Gasteiger partial charge >= 0.3 is 0 Å². The molecule has 0 saturated heterocycles. The molecule has 1 aliphatic carbocycles. The number of carbonyl (C=O) groups is 2. The predicted octanol–water partition coefficient (Wildman–Crippen LogP) is 3.61. The van der Waals surface area contributed by atoms with Gasteiger partial charge in [0.1, 0.15) is 10.8 Å². The van der Waals surface area contributed by atoms with Crippen LogP contribution >= 0.6 is 11.3 Å². The highest BCUT2D eigenvalue weighted by Crippen LogP contribution is 2.40. The van der Waals surface area contributed by atoms with Crippen molar-refractivity contribution in [2.75, 3.05) is 5.32 Å². The maximum absolute atomic E-state index is 12.1. The Morgan fingerprint density at radius 3 is 3.00 bits per heavy atom. The van der Waals surface area contributed by atoms with E-state index in [2.05, 4.69) is 12.2 Å². The van der Waals surface area contributed by atoms with Crippen molar-refractivity contribution in [3.8, 4) is 0 Å². The SMILES string of the molecule is CC[C@@H]1CCc2c(sc(NC(=O)/C=C/c3ccco3)c2C(N)=O)C1. The first-order valence-electron chi connectivity index (χ1n) is 8.05. The second kappa shape index (κ2) is 7.05. The van der Waals surface area contributed by atoms with E-state index in [0.29, 0.717) is 22.2 Å². The van der Waals surface area contributed by atoms with Crippen molar-refractivity contribution < 1.29 is 14.0 Å². The van der Waals surface area contributed by atoms with Gasteiger partial charge in [0.25, 0.3) is 5.91 Å². The first kappa shape index (κ1) is 16.5. The monoisotopic (exact) mass is 344 g/mol. The van der Waals surface area contributed by atoms with Crippen LogP contribution in [0.15, 0.2) is 28.9 Å². The fraction of sp³-hybridized carbons (Fsp3) is 0.333. The Morgan fingerprint density at radius 2 is 2.33 bits per heavy atom. The molecule has 1 atom stereocenters. The van der Waals surface area contributed by atoms with Crippen LogP contribution in [0.4, 0.5) is 5.00 Å². The van der Waals surface area contributed by atoms with Crippen LogP contribution in [0.3, 0.4) is 0 Å². The molecule has 0 fully saturated rings. The summed E-state index contributed by atoms with van der Waals surface area (Å²) in [6.45, 7) is 2.18. The maximum atomic E-state index is 12.1. The van der Waals surface area contributed by atoms with E-state index in [9.17, 15) is 9.59 Å². The second-order valence-electron chi connectivity index (χ2n) is 5.93. The third kappa shape index (κ3) is 3.43. The zero-order chi connectivity index (χ0) is 17.1. The number of furan rings is 1. The summed E-state index contributed by atoms with van der Waals surface area (Å²) in [6.07, 6.45) is 8.50. The molecule has 2 aromatic rings. The number of hydrogen-bond donors (Lipinski definition) is 2. The molecule has 24 heavy (non-hydrogen) atoms. The Bertz CT molecular complexity index is 775. The summed E-state index contributed by atoms with van der Waals surface area (Å²) in [6, 6.07) is 3.51. The Hall–Kier alpha value is -2.34. The molecule has 0 unspecified atom stereocenters. The smallest absolute Gasteiger partial charge is 0.251 e. The summed E-state index contributed by atoms with van der Waals surface area (Å²) in [5, 5.41) is 3.35. The van der Waals surface area contributed by atoms with Crippen molar-refractivity contribution in [2.45, 2.75) is 32.6 Å². The summed E-state index contributed by atoms with van der Waals surface area (Å²) in [5.41, 5.74) is 7.05. The minimum Gasteiger partial charge on any atom is -0.465 e. The number of rotatable bonds is 5. The standard InChI is InChI=1S/C18H20N2O3S/c1-2-11-5-7-13-14(10-11)24-18(16(13)17(19)22)20-15(21)8-6-12-4-3-9-23-12/h3-4,6,8-9,11H,2,5,7,10H2,1H3,(H2,19,22)(H,20,21)/b8-6+/t11-/m1/s1. The van der Waals surface area contributed by atoms with Crippen molar-refractivity contribution in [1.82, 2.24) is 0 Å². The number of nitrogens with two attached hydrogens (primary N) is 1. The quantitative estimate of drug-likeness (QED) is 0.813. The van der Waals surface area contributed by atoms with E-state index in [1.807, 2.05) is 0 Å². The van der Waals surface area contributed by atoms with Crippen LogP contribution in [-0.4, -0.2) is 11.8 Å². The van der Waals surface area contributed by atoms with Gasteiger partial charge in [-0.2, -0.15) is 0 Å². The summed E-state index contributed by atoms with van der Waals surface area (Å²) in [7, 11) is 0. The molecular weight excluding hydrogens is 324 g/mol. The lowest BCUT2D eigenvalue weighted by molar-refractivity contribution is -0.111. The zero-order valence-electron chi connectivity index (χ0n) is 13.5. The Morgan fingerprint density at radius 1 is 1.50 bits per heavy atom. The van der Waals surface area contributed by atoms with Crippen LogP contribution < -0.4 is 11.1 Å². The van der Waals surface area contributed by atoms with Crippen molar-refractivity contribution in [3.63, 3.8) is 0 Å². The first-order valence-corrected chi connectivity index (χ1v) is 8.87. The Balaban J connectivity index is 1.81. The average Bonchev–Trinajstić information content (AvgIpc) is 3.19. The fourth-order valence-corrected chi connectivity index (χ4v) is 4.42. The van der Waals surface area contributed by atoms with E-state index in [1.165, 1.54) is 22.3 Å². The number of carbonyl (C=O) groups excluding carboxylic acids is 2. The lowest BCUT2D eigenvalue weighted by Crippen LogP contribution is -2.19. The molecule has 126 valence electrons. The summed E-state index contributed by atoms with van der Waals surface area (Å²) < 4.78 is 5.15. The van der Waals surface area contributed by atoms with Crippen LogP contribution in [-0.2, 0) is 17.6 Å². The molecule has 2 amide bonds. The molecule has 3 rings (SSSR count). The van der Waals surface area contributed by atoms with Gasteiger partial charge < -0.3 is 15.5 Å². The molecular formula is C18H20N2O3S. The summed E-state index contributed by atoms with van der Waals surface area (Å²) >= 11 is 1.47. The Labute approximate surface area is 144 Å². The number of primary amides is 1. The topological polar surface area (TPSA) is 85.3 Å². The van der Waals surface area contributed by atoms with Crippen molar-refractivity contribution in [3.05, 3.63) is 46.2 Å². The molecule has 2 aromatic heterocycles. The number of hydrogen-bond acceptors (Lipinski definition) is 4. The molecule has 0 aromatic carbocycles. The molecule has 1 aliphatic rings. The van der Waals surface area contributed by atoms with Crippen LogP contribution in [0.2, 0.25) is 0 Å². The van der Waals surface area contributed by atoms with E-state index in [-0.39, 0.29) is 5.91 Å².